The monoisotopic (exact) mass is 494 g/mol. The maximum atomic E-state index is 12.9. The summed E-state index contributed by atoms with van der Waals surface area (Å²) in [6, 6.07) is 15.5. The minimum atomic E-state index is -0.0578. The molecule has 1 heterocycles. The molecule has 1 aliphatic heterocycles. The summed E-state index contributed by atoms with van der Waals surface area (Å²) in [5, 5.41) is 0.665. The molecule has 0 aromatic heterocycles. The summed E-state index contributed by atoms with van der Waals surface area (Å²) in [5.41, 5.74) is 1.76. The van der Waals surface area contributed by atoms with Crippen LogP contribution in [0.1, 0.15) is 5.56 Å². The topological polar surface area (TPSA) is 51.1 Å². The van der Waals surface area contributed by atoms with Gasteiger partial charge in [-0.3, -0.25) is 9.69 Å². The smallest absolute Gasteiger partial charge is 0.266 e. The molecule has 2 aromatic rings. The fraction of sp³-hybridized carbons (Fsp3) is 0.200. The Morgan fingerprint density at radius 3 is 2.63 bits per heavy atom. The second-order valence-corrected chi connectivity index (χ2v) is 7.86. The lowest BCUT2D eigenvalue weighted by Crippen LogP contribution is -2.32. The van der Waals surface area contributed by atoms with Crippen LogP contribution in [0.25, 0.3) is 6.08 Å². The van der Waals surface area contributed by atoms with Crippen molar-refractivity contribution in [1.82, 2.24) is 4.90 Å². The van der Waals surface area contributed by atoms with Crippen LogP contribution in [-0.2, 0) is 9.53 Å². The average Bonchev–Trinajstić information content (AvgIpc) is 2.95. The Balaban J connectivity index is 1.92. The molecule has 0 radical (unpaired) electrons. The first kappa shape index (κ1) is 19.9. The van der Waals surface area contributed by atoms with Gasteiger partial charge in [-0.05, 0) is 70.3 Å². The maximum absolute atomic E-state index is 12.9. The van der Waals surface area contributed by atoms with E-state index >= 15 is 0 Å². The van der Waals surface area contributed by atoms with Gasteiger partial charge in [0, 0.05) is 7.11 Å². The summed E-state index contributed by atoms with van der Waals surface area (Å²) in [7, 11) is 3.27. The molecule has 27 heavy (non-hydrogen) atoms. The van der Waals surface area contributed by atoms with E-state index in [1.807, 2.05) is 54.6 Å². The highest BCUT2D eigenvalue weighted by molar-refractivity contribution is 14.1. The average molecular weight is 494 g/mol. The lowest BCUT2D eigenvalue weighted by Gasteiger charge is -2.14. The molecule has 2 aromatic carbocycles. The lowest BCUT2D eigenvalue weighted by molar-refractivity contribution is -0.122. The van der Waals surface area contributed by atoms with E-state index in [0.29, 0.717) is 23.2 Å². The fourth-order valence-electron chi connectivity index (χ4n) is 2.51. The van der Waals surface area contributed by atoms with Gasteiger partial charge in [-0.25, -0.2) is 4.99 Å². The number of amides is 1. The van der Waals surface area contributed by atoms with Crippen molar-refractivity contribution >= 4 is 57.2 Å². The summed E-state index contributed by atoms with van der Waals surface area (Å²) in [4.78, 5) is 19.9. The Hall–Kier alpha value is -1.84. The zero-order valence-corrected chi connectivity index (χ0v) is 18.0. The summed E-state index contributed by atoms with van der Waals surface area (Å²) in [5.74, 6) is 0.758. The van der Waals surface area contributed by atoms with Gasteiger partial charge >= 0.3 is 0 Å². The lowest BCUT2D eigenvalue weighted by atomic mass is 10.2. The number of amidine groups is 1. The highest BCUT2D eigenvalue weighted by Gasteiger charge is 2.33. The number of para-hydroxylation sites is 1. The predicted octanol–water partition coefficient (Wildman–Crippen LogP) is 4.55. The van der Waals surface area contributed by atoms with E-state index in [0.717, 1.165) is 20.6 Å². The van der Waals surface area contributed by atoms with Crippen molar-refractivity contribution in [3.8, 4) is 5.75 Å². The number of hydrogen-bond donors (Lipinski definition) is 0. The number of ether oxygens (including phenoxy) is 2. The summed E-state index contributed by atoms with van der Waals surface area (Å²) >= 11 is 3.60. The number of thioether (sulfide) groups is 1. The molecule has 3 rings (SSSR count). The molecule has 1 fully saturated rings. The molecule has 0 saturated carbocycles. The Kier molecular flexibility index (Phi) is 6.92. The minimum Gasteiger partial charge on any atom is -0.496 e. The van der Waals surface area contributed by atoms with Gasteiger partial charge in [0.2, 0.25) is 0 Å². The van der Waals surface area contributed by atoms with Gasteiger partial charge in [0.25, 0.3) is 5.91 Å². The third-order valence-corrected chi connectivity index (χ3v) is 5.71. The van der Waals surface area contributed by atoms with Crippen LogP contribution in [0.4, 0.5) is 5.69 Å². The molecule has 7 heteroatoms. The first-order valence-electron chi connectivity index (χ1n) is 8.30. The molecule has 1 saturated heterocycles. The molecule has 140 valence electrons. The largest absolute Gasteiger partial charge is 0.496 e. The number of benzene rings is 2. The van der Waals surface area contributed by atoms with E-state index in [4.69, 9.17) is 9.47 Å². The summed E-state index contributed by atoms with van der Waals surface area (Å²) in [6.45, 7) is 0.916. The van der Waals surface area contributed by atoms with Crippen LogP contribution in [0, 0.1) is 3.57 Å². The van der Waals surface area contributed by atoms with Crippen LogP contribution in [0.5, 0.6) is 5.75 Å². The molecule has 1 aliphatic rings. The fourth-order valence-corrected chi connectivity index (χ4v) is 4.29. The van der Waals surface area contributed by atoms with Crippen molar-refractivity contribution in [3.63, 3.8) is 0 Å². The molecule has 0 atom stereocenters. The standard InChI is InChI=1S/C20H19IN2O3S/c1-25-11-10-23-19(24)18(13-14-8-9-17(26-2)16(21)12-14)27-20(23)22-15-6-4-3-5-7-15/h3-9,12-13H,10-11H2,1-2H3/b18-13-,22-20?. The Labute approximate surface area is 176 Å². The quantitative estimate of drug-likeness (QED) is 0.437. The highest BCUT2D eigenvalue weighted by Crippen LogP contribution is 2.34. The first-order valence-corrected chi connectivity index (χ1v) is 10.2. The number of rotatable bonds is 6. The first-order chi connectivity index (χ1) is 13.1. The number of halogens is 1. The summed E-state index contributed by atoms with van der Waals surface area (Å²) in [6.07, 6.45) is 1.89. The van der Waals surface area contributed by atoms with Crippen LogP contribution in [-0.4, -0.2) is 43.3 Å². The number of carbonyl (C=O) groups excluding carboxylic acids is 1. The van der Waals surface area contributed by atoms with Crippen molar-refractivity contribution in [2.75, 3.05) is 27.4 Å². The predicted molar refractivity (Wildman–Crippen MR) is 118 cm³/mol. The van der Waals surface area contributed by atoms with Crippen LogP contribution in [0.3, 0.4) is 0 Å². The van der Waals surface area contributed by atoms with Crippen molar-refractivity contribution in [2.45, 2.75) is 0 Å². The molecule has 0 aliphatic carbocycles. The van der Waals surface area contributed by atoms with Crippen molar-refractivity contribution in [2.24, 2.45) is 4.99 Å². The van der Waals surface area contributed by atoms with Gasteiger partial charge < -0.3 is 9.47 Å². The van der Waals surface area contributed by atoms with E-state index in [2.05, 4.69) is 27.6 Å². The zero-order valence-electron chi connectivity index (χ0n) is 15.0. The number of nitrogens with zero attached hydrogens (tertiary/aromatic N) is 2. The zero-order chi connectivity index (χ0) is 19.2. The molecule has 0 spiro atoms. The molecule has 0 unspecified atom stereocenters. The van der Waals surface area contributed by atoms with Crippen molar-refractivity contribution in [1.29, 1.82) is 0 Å². The van der Waals surface area contributed by atoms with Crippen LogP contribution in [0.15, 0.2) is 58.4 Å². The van der Waals surface area contributed by atoms with Crippen LogP contribution < -0.4 is 4.74 Å². The van der Waals surface area contributed by atoms with E-state index in [9.17, 15) is 4.79 Å². The van der Waals surface area contributed by atoms with Gasteiger partial charge in [0.05, 0.1) is 34.4 Å². The molecular weight excluding hydrogens is 475 g/mol. The number of carbonyl (C=O) groups is 1. The van der Waals surface area contributed by atoms with Gasteiger partial charge in [0.1, 0.15) is 5.75 Å². The van der Waals surface area contributed by atoms with E-state index in [1.54, 1.807) is 19.1 Å². The molecule has 1 amide bonds. The third kappa shape index (κ3) is 4.91. The molecule has 0 N–H and O–H groups in total. The maximum Gasteiger partial charge on any atom is 0.266 e. The number of hydrogen-bond acceptors (Lipinski definition) is 5. The van der Waals surface area contributed by atoms with Crippen LogP contribution >= 0.6 is 34.4 Å². The molecule has 5 nitrogen and oxygen atoms in total. The highest BCUT2D eigenvalue weighted by atomic mass is 127. The van der Waals surface area contributed by atoms with Crippen LogP contribution in [0.2, 0.25) is 0 Å². The molecular formula is C20H19IN2O3S. The van der Waals surface area contributed by atoms with E-state index in [-0.39, 0.29) is 5.91 Å². The summed E-state index contributed by atoms with van der Waals surface area (Å²) < 4.78 is 11.4. The SMILES string of the molecule is COCCN1C(=O)/C(=C/c2ccc(OC)c(I)c2)SC1=Nc1ccccc1. The van der Waals surface area contributed by atoms with Gasteiger partial charge in [-0.15, -0.1) is 0 Å². The Morgan fingerprint density at radius 1 is 1.19 bits per heavy atom. The van der Waals surface area contributed by atoms with Crippen molar-refractivity contribution in [3.05, 3.63) is 62.6 Å². The van der Waals surface area contributed by atoms with Gasteiger partial charge in [-0.1, -0.05) is 24.3 Å². The normalized spacial score (nSPS) is 17.1. The van der Waals surface area contributed by atoms with E-state index in [1.165, 1.54) is 11.8 Å². The molecule has 0 bridgehead atoms. The second kappa shape index (κ2) is 9.38. The van der Waals surface area contributed by atoms with Crippen molar-refractivity contribution < 1.29 is 14.3 Å². The third-order valence-electron chi connectivity index (χ3n) is 3.86. The Bertz CT molecular complexity index is 884. The van der Waals surface area contributed by atoms with E-state index < -0.39 is 0 Å². The Morgan fingerprint density at radius 2 is 1.96 bits per heavy atom. The number of methoxy groups -OCH3 is 2. The number of aliphatic imine (C=N–C) groups is 1. The second-order valence-electron chi connectivity index (χ2n) is 5.68. The minimum absolute atomic E-state index is 0.0578. The van der Waals surface area contributed by atoms with Gasteiger partial charge in [0.15, 0.2) is 5.17 Å². The van der Waals surface area contributed by atoms with Gasteiger partial charge in [-0.2, -0.15) is 0 Å².